The van der Waals surface area contributed by atoms with Crippen LogP contribution in [-0.2, 0) is 11.3 Å². The second kappa shape index (κ2) is 10.3. The van der Waals surface area contributed by atoms with Gasteiger partial charge in [-0.05, 0) is 50.4 Å². The van der Waals surface area contributed by atoms with Gasteiger partial charge in [-0.3, -0.25) is 24.0 Å². The summed E-state index contributed by atoms with van der Waals surface area (Å²) in [6, 6.07) is 5.99. The monoisotopic (exact) mass is 471 g/mol. The number of aromatic nitrogens is 2. The van der Waals surface area contributed by atoms with Gasteiger partial charge in [-0.1, -0.05) is 19.4 Å². The van der Waals surface area contributed by atoms with Gasteiger partial charge < -0.3 is 20.1 Å². The molecule has 1 fully saturated rings. The van der Waals surface area contributed by atoms with Crippen LogP contribution in [0.15, 0.2) is 27.8 Å². The van der Waals surface area contributed by atoms with Crippen molar-refractivity contribution in [1.29, 1.82) is 0 Å². The van der Waals surface area contributed by atoms with Crippen LogP contribution in [0.25, 0.3) is 0 Å². The molecule has 3 N–H and O–H groups in total. The first-order valence-electron chi connectivity index (χ1n) is 12.0. The molecule has 1 aromatic carbocycles. The Labute approximate surface area is 198 Å². The molecule has 10 nitrogen and oxygen atoms in total. The van der Waals surface area contributed by atoms with E-state index in [4.69, 9.17) is 15.2 Å². The van der Waals surface area contributed by atoms with Crippen molar-refractivity contribution < 1.29 is 14.3 Å². The number of nitrogens with zero attached hydrogens (tertiary/aromatic N) is 3. The minimum absolute atomic E-state index is 0.0298. The summed E-state index contributed by atoms with van der Waals surface area (Å²) in [5.74, 6) is 1.26. The molecule has 1 aromatic heterocycles. The minimum Gasteiger partial charge on any atom is -0.486 e. The van der Waals surface area contributed by atoms with E-state index in [0.29, 0.717) is 19.8 Å². The zero-order valence-electron chi connectivity index (χ0n) is 19.8. The minimum atomic E-state index is -0.643. The van der Waals surface area contributed by atoms with E-state index in [-0.39, 0.29) is 36.5 Å². The number of anilines is 2. The summed E-state index contributed by atoms with van der Waals surface area (Å²) in [5, 5.41) is 0. The van der Waals surface area contributed by atoms with Crippen LogP contribution in [0.4, 0.5) is 11.5 Å². The summed E-state index contributed by atoms with van der Waals surface area (Å²) in [4.78, 5) is 44.2. The Morgan fingerprint density at radius 3 is 2.71 bits per heavy atom. The normalized spacial score (nSPS) is 17.6. The third-order valence-corrected chi connectivity index (χ3v) is 6.49. The standard InChI is InChI=1S/C24H33N5O5/c1-3-5-11-29-22(25)21(23(31)26-24(29)32)28(4-2)20(30)15-27-10-6-7-17(27)16-8-9-18-19(14-16)34-13-12-33-18/h8-9,14,17H,3-7,10-13,15,25H2,1-2H3,(H,26,31,32)/t17-/m0/s1. The Bertz CT molecular complexity index is 1160. The predicted octanol–water partition coefficient (Wildman–Crippen LogP) is 1.88. The number of hydrogen-bond donors (Lipinski definition) is 2. The molecule has 4 rings (SSSR count). The Hall–Kier alpha value is -3.27. The number of nitrogen functional groups attached to an aromatic ring is 1. The highest BCUT2D eigenvalue weighted by Crippen LogP contribution is 2.38. The maximum Gasteiger partial charge on any atom is 0.330 e. The Balaban J connectivity index is 1.56. The highest BCUT2D eigenvalue weighted by atomic mass is 16.6. The number of benzene rings is 1. The van der Waals surface area contributed by atoms with E-state index >= 15 is 0 Å². The van der Waals surface area contributed by atoms with E-state index in [0.717, 1.165) is 49.3 Å². The number of aromatic amines is 1. The van der Waals surface area contributed by atoms with Crippen LogP contribution < -0.4 is 31.4 Å². The molecule has 0 saturated carbocycles. The molecule has 2 aliphatic rings. The number of nitrogens with one attached hydrogen (secondary N) is 1. The van der Waals surface area contributed by atoms with Crippen molar-refractivity contribution in [1.82, 2.24) is 14.5 Å². The number of amides is 1. The van der Waals surface area contributed by atoms with Gasteiger partial charge in [-0.25, -0.2) is 4.79 Å². The maximum atomic E-state index is 13.4. The predicted molar refractivity (Wildman–Crippen MR) is 130 cm³/mol. The van der Waals surface area contributed by atoms with Crippen LogP contribution in [0.2, 0.25) is 0 Å². The molecule has 1 saturated heterocycles. The Morgan fingerprint density at radius 2 is 1.97 bits per heavy atom. The molecule has 1 atom stereocenters. The lowest BCUT2D eigenvalue weighted by Crippen LogP contribution is -2.45. The number of H-pyrrole nitrogens is 1. The summed E-state index contributed by atoms with van der Waals surface area (Å²) in [5.41, 5.74) is 6.16. The van der Waals surface area contributed by atoms with Crippen LogP contribution in [0.1, 0.15) is 51.1 Å². The number of likely N-dealkylation sites (tertiary alicyclic amines) is 1. The molecule has 34 heavy (non-hydrogen) atoms. The summed E-state index contributed by atoms with van der Waals surface area (Å²) in [6.45, 7) is 6.41. The molecular weight excluding hydrogens is 438 g/mol. The van der Waals surface area contributed by atoms with Gasteiger partial charge in [0.2, 0.25) is 5.91 Å². The van der Waals surface area contributed by atoms with E-state index in [9.17, 15) is 14.4 Å². The Morgan fingerprint density at radius 1 is 1.21 bits per heavy atom. The average molecular weight is 472 g/mol. The molecule has 0 radical (unpaired) electrons. The second-order valence-corrected chi connectivity index (χ2v) is 8.67. The van der Waals surface area contributed by atoms with Gasteiger partial charge >= 0.3 is 5.69 Å². The molecule has 0 spiro atoms. The number of rotatable bonds is 8. The number of carbonyl (C=O) groups excluding carboxylic acids is 1. The van der Waals surface area contributed by atoms with Crippen molar-refractivity contribution in [2.24, 2.45) is 0 Å². The summed E-state index contributed by atoms with van der Waals surface area (Å²) >= 11 is 0. The van der Waals surface area contributed by atoms with Crippen molar-refractivity contribution in [3.63, 3.8) is 0 Å². The SMILES string of the molecule is CCCCn1c(N)c(N(CC)C(=O)CN2CCC[C@H]2c2ccc3c(c2)OCCO3)c(=O)[nH]c1=O. The van der Waals surface area contributed by atoms with Crippen molar-refractivity contribution >= 4 is 17.4 Å². The third kappa shape index (κ3) is 4.68. The number of carbonyl (C=O) groups is 1. The molecule has 10 heteroatoms. The molecule has 2 aromatic rings. The Kier molecular flexibility index (Phi) is 7.26. The lowest BCUT2D eigenvalue weighted by molar-refractivity contribution is -0.120. The van der Waals surface area contributed by atoms with Gasteiger partial charge in [0, 0.05) is 19.1 Å². The van der Waals surface area contributed by atoms with Crippen LogP contribution in [0, 0.1) is 0 Å². The number of ether oxygens (including phenoxy) is 2. The number of fused-ring (bicyclic) bond motifs is 1. The van der Waals surface area contributed by atoms with Crippen molar-refractivity contribution in [2.75, 3.05) is 43.5 Å². The van der Waals surface area contributed by atoms with Gasteiger partial charge in [0.05, 0.1) is 6.54 Å². The number of likely N-dealkylation sites (N-methyl/N-ethyl adjacent to an activating group) is 1. The lowest BCUT2D eigenvalue weighted by Gasteiger charge is -2.29. The van der Waals surface area contributed by atoms with E-state index in [1.807, 2.05) is 25.1 Å². The van der Waals surface area contributed by atoms with Gasteiger partial charge in [0.25, 0.3) is 5.56 Å². The highest BCUT2D eigenvalue weighted by Gasteiger charge is 2.31. The van der Waals surface area contributed by atoms with E-state index in [2.05, 4.69) is 9.88 Å². The fraction of sp³-hybridized carbons (Fsp3) is 0.542. The van der Waals surface area contributed by atoms with Crippen LogP contribution >= 0.6 is 0 Å². The van der Waals surface area contributed by atoms with Gasteiger partial charge in [-0.15, -0.1) is 0 Å². The molecule has 0 aliphatic carbocycles. The number of nitrogens with two attached hydrogens (primary N) is 1. The first-order valence-corrected chi connectivity index (χ1v) is 12.0. The first-order chi connectivity index (χ1) is 16.4. The molecule has 184 valence electrons. The van der Waals surface area contributed by atoms with E-state index in [1.165, 1.54) is 9.47 Å². The van der Waals surface area contributed by atoms with Crippen LogP contribution in [0.5, 0.6) is 11.5 Å². The lowest BCUT2D eigenvalue weighted by atomic mass is 10.0. The van der Waals surface area contributed by atoms with Crippen LogP contribution in [-0.4, -0.2) is 53.2 Å². The largest absolute Gasteiger partial charge is 0.486 e. The fourth-order valence-electron chi connectivity index (χ4n) is 4.75. The van der Waals surface area contributed by atoms with Crippen molar-refractivity contribution in [2.45, 2.75) is 52.1 Å². The van der Waals surface area contributed by atoms with Crippen LogP contribution in [0.3, 0.4) is 0 Å². The second-order valence-electron chi connectivity index (χ2n) is 8.67. The quantitative estimate of drug-likeness (QED) is 0.603. The summed E-state index contributed by atoms with van der Waals surface area (Å²) < 4.78 is 12.7. The summed E-state index contributed by atoms with van der Waals surface area (Å²) in [7, 11) is 0. The summed E-state index contributed by atoms with van der Waals surface area (Å²) in [6.07, 6.45) is 3.49. The fourth-order valence-corrected chi connectivity index (χ4v) is 4.75. The average Bonchev–Trinajstić information content (AvgIpc) is 3.29. The number of unbranched alkanes of at least 4 members (excludes halogenated alkanes) is 1. The molecule has 2 aliphatic heterocycles. The van der Waals surface area contributed by atoms with E-state index in [1.54, 1.807) is 6.92 Å². The smallest absolute Gasteiger partial charge is 0.330 e. The molecule has 0 unspecified atom stereocenters. The van der Waals surface area contributed by atoms with Gasteiger partial charge in [0.15, 0.2) is 17.2 Å². The molecule has 3 heterocycles. The molecule has 0 bridgehead atoms. The van der Waals surface area contributed by atoms with Crippen molar-refractivity contribution in [3.05, 3.63) is 44.6 Å². The number of hydrogen-bond acceptors (Lipinski definition) is 7. The van der Waals surface area contributed by atoms with Gasteiger partial charge in [-0.2, -0.15) is 0 Å². The third-order valence-electron chi connectivity index (χ3n) is 6.49. The topological polar surface area (TPSA) is 123 Å². The molecule has 1 amide bonds. The van der Waals surface area contributed by atoms with Gasteiger partial charge in [0.1, 0.15) is 19.0 Å². The van der Waals surface area contributed by atoms with E-state index < -0.39 is 11.2 Å². The maximum absolute atomic E-state index is 13.4. The zero-order chi connectivity index (χ0) is 24.2. The molecular formula is C24H33N5O5. The zero-order valence-corrected chi connectivity index (χ0v) is 19.8. The highest BCUT2D eigenvalue weighted by molar-refractivity contribution is 5.96. The first kappa shape index (κ1) is 23.9. The van der Waals surface area contributed by atoms with Crippen molar-refractivity contribution in [3.8, 4) is 11.5 Å².